The van der Waals surface area contributed by atoms with Crippen LogP contribution in [0, 0.1) is 0 Å². The van der Waals surface area contributed by atoms with Gasteiger partial charge in [0.15, 0.2) is 4.87 Å². The number of carbonyl (C=O) groups excluding carboxylic acids is 1. The molecule has 0 aliphatic heterocycles. The summed E-state index contributed by atoms with van der Waals surface area (Å²) in [5.74, 6) is 0. The summed E-state index contributed by atoms with van der Waals surface area (Å²) in [4.78, 5) is 10.4. The second kappa shape index (κ2) is 4.39. The molecule has 19 heavy (non-hydrogen) atoms. The average Bonchev–Trinajstić information content (AvgIpc) is 2.60. The number of hydrogen-bond acceptors (Lipinski definition) is 1. The van der Waals surface area contributed by atoms with E-state index in [0.717, 1.165) is 11.1 Å². The molecule has 2 aromatic carbocycles. The summed E-state index contributed by atoms with van der Waals surface area (Å²) in [7, 11) is 0. The zero-order chi connectivity index (χ0) is 13.8. The van der Waals surface area contributed by atoms with Gasteiger partial charge in [-0.05, 0) is 58.1 Å². The first-order valence-corrected chi connectivity index (χ1v) is 6.95. The van der Waals surface area contributed by atoms with Crippen molar-refractivity contribution in [2.75, 3.05) is 0 Å². The molecule has 0 N–H and O–H groups in total. The van der Waals surface area contributed by atoms with Crippen molar-refractivity contribution in [1.82, 2.24) is 0 Å². The number of fused-ring (bicyclic) bond motifs is 3. The predicted octanol–water partition coefficient (Wildman–Crippen LogP) is 5.22. The van der Waals surface area contributed by atoms with E-state index in [-0.39, 0.29) is 0 Å². The summed E-state index contributed by atoms with van der Waals surface area (Å²) in [6, 6.07) is 10.5. The standard InChI is InChI=1S/C14H6Cl4O/c15-7-1-3-9-10-4-2-8(16)6-12(10)14(18,13(17)19)11(9)5-7/h1-6H. The number of benzene rings is 2. The molecule has 0 fully saturated rings. The Morgan fingerprint density at radius 1 is 0.895 bits per heavy atom. The predicted molar refractivity (Wildman–Crippen MR) is 79.4 cm³/mol. The van der Waals surface area contributed by atoms with Crippen LogP contribution in [0.2, 0.25) is 10.0 Å². The monoisotopic (exact) mass is 330 g/mol. The lowest BCUT2D eigenvalue weighted by Gasteiger charge is -2.19. The quantitative estimate of drug-likeness (QED) is 0.517. The summed E-state index contributed by atoms with van der Waals surface area (Å²) in [5.41, 5.74) is 2.89. The summed E-state index contributed by atoms with van der Waals surface area (Å²) in [6.45, 7) is 0. The number of alkyl halides is 1. The van der Waals surface area contributed by atoms with Crippen molar-refractivity contribution in [2.24, 2.45) is 0 Å². The smallest absolute Gasteiger partial charge is 0.251 e. The second-order valence-corrected chi connectivity index (χ2v) is 6.10. The van der Waals surface area contributed by atoms with Crippen molar-refractivity contribution in [3.05, 3.63) is 57.6 Å². The van der Waals surface area contributed by atoms with Crippen LogP contribution >= 0.6 is 46.4 Å². The first-order valence-electron chi connectivity index (χ1n) is 5.44. The largest absolute Gasteiger partial charge is 0.278 e. The van der Waals surface area contributed by atoms with Crippen LogP contribution < -0.4 is 0 Å². The number of halogens is 4. The Morgan fingerprint density at radius 3 is 1.68 bits per heavy atom. The van der Waals surface area contributed by atoms with Gasteiger partial charge in [-0.2, -0.15) is 0 Å². The van der Waals surface area contributed by atoms with Gasteiger partial charge < -0.3 is 0 Å². The van der Waals surface area contributed by atoms with Crippen LogP contribution in [0.25, 0.3) is 11.1 Å². The lowest BCUT2D eigenvalue weighted by Crippen LogP contribution is -2.24. The van der Waals surface area contributed by atoms with E-state index < -0.39 is 10.1 Å². The highest BCUT2D eigenvalue weighted by atomic mass is 35.5. The Balaban J connectivity index is 2.42. The molecule has 5 heteroatoms. The molecule has 0 heterocycles. The summed E-state index contributed by atoms with van der Waals surface area (Å²) in [6.07, 6.45) is 0. The third-order valence-corrected chi connectivity index (χ3v) is 4.70. The number of rotatable bonds is 1. The van der Waals surface area contributed by atoms with E-state index >= 15 is 0 Å². The van der Waals surface area contributed by atoms with E-state index in [4.69, 9.17) is 46.4 Å². The van der Waals surface area contributed by atoms with Gasteiger partial charge in [0.25, 0.3) is 5.24 Å². The third-order valence-electron chi connectivity index (χ3n) is 3.27. The molecule has 1 nitrogen and oxygen atoms in total. The van der Waals surface area contributed by atoms with E-state index in [1.807, 2.05) is 12.1 Å². The Bertz CT molecular complexity index is 657. The van der Waals surface area contributed by atoms with Crippen molar-refractivity contribution in [1.29, 1.82) is 0 Å². The first-order chi connectivity index (χ1) is 8.94. The highest BCUT2D eigenvalue weighted by Gasteiger charge is 2.47. The maximum Gasteiger partial charge on any atom is 0.251 e. The van der Waals surface area contributed by atoms with Gasteiger partial charge in [0.05, 0.1) is 0 Å². The lowest BCUT2D eigenvalue weighted by molar-refractivity contribution is -0.113. The fraction of sp³-hybridized carbons (Fsp3) is 0.0714. The minimum absolute atomic E-state index is 0.501. The van der Waals surface area contributed by atoms with Gasteiger partial charge in [0.2, 0.25) is 0 Å². The molecular weight excluding hydrogens is 326 g/mol. The minimum Gasteiger partial charge on any atom is -0.278 e. The fourth-order valence-electron chi connectivity index (χ4n) is 2.43. The van der Waals surface area contributed by atoms with Crippen LogP contribution in [0.4, 0.5) is 0 Å². The molecule has 1 aliphatic carbocycles. The highest BCUT2D eigenvalue weighted by molar-refractivity contribution is 6.71. The Kier molecular flexibility index (Phi) is 3.06. The van der Waals surface area contributed by atoms with Gasteiger partial charge in [0.1, 0.15) is 0 Å². The summed E-state index contributed by atoms with van der Waals surface area (Å²) >= 11 is 24.2. The Labute approximate surface area is 130 Å². The molecule has 0 saturated heterocycles. The maximum atomic E-state index is 11.9. The van der Waals surface area contributed by atoms with Crippen molar-refractivity contribution in [3.63, 3.8) is 0 Å². The molecule has 1 aliphatic rings. The zero-order valence-corrected chi connectivity index (χ0v) is 12.4. The molecule has 96 valence electrons. The van der Waals surface area contributed by atoms with E-state index in [0.29, 0.717) is 21.2 Å². The Hall–Kier alpha value is -0.730. The SMILES string of the molecule is O=C(Cl)C1(Cl)c2cc(Cl)ccc2-c2ccc(Cl)cc21. The molecule has 0 unspecified atom stereocenters. The van der Waals surface area contributed by atoms with Crippen LogP contribution in [0.3, 0.4) is 0 Å². The molecular formula is C14H6Cl4O. The van der Waals surface area contributed by atoms with Crippen molar-refractivity contribution in [2.45, 2.75) is 4.87 Å². The third kappa shape index (κ3) is 1.80. The lowest BCUT2D eigenvalue weighted by atomic mass is 9.97. The first kappa shape index (κ1) is 13.3. The molecule has 0 spiro atoms. The number of carbonyl (C=O) groups is 1. The van der Waals surface area contributed by atoms with Crippen LogP contribution in [-0.2, 0) is 9.67 Å². The topological polar surface area (TPSA) is 17.1 Å². The minimum atomic E-state index is -1.43. The van der Waals surface area contributed by atoms with Gasteiger partial charge in [-0.3, -0.25) is 4.79 Å². The molecule has 0 radical (unpaired) electrons. The normalized spacial score (nSPS) is 14.9. The molecule has 0 saturated carbocycles. The molecule has 0 amide bonds. The molecule has 0 aromatic heterocycles. The van der Waals surface area contributed by atoms with Gasteiger partial charge >= 0.3 is 0 Å². The molecule has 0 atom stereocenters. The van der Waals surface area contributed by atoms with Crippen LogP contribution in [0.5, 0.6) is 0 Å². The summed E-state index contributed by atoms with van der Waals surface area (Å²) < 4.78 is 0. The second-order valence-electron chi connectivity index (χ2n) is 4.31. The highest BCUT2D eigenvalue weighted by Crippen LogP contribution is 2.53. The molecule has 3 rings (SSSR count). The van der Waals surface area contributed by atoms with E-state index in [1.165, 1.54) is 0 Å². The van der Waals surface area contributed by atoms with Crippen LogP contribution in [0.1, 0.15) is 11.1 Å². The van der Waals surface area contributed by atoms with Gasteiger partial charge in [-0.1, -0.05) is 46.9 Å². The van der Waals surface area contributed by atoms with Crippen LogP contribution in [-0.4, -0.2) is 5.24 Å². The fourth-order valence-corrected chi connectivity index (χ4v) is 3.29. The van der Waals surface area contributed by atoms with Gasteiger partial charge in [0, 0.05) is 10.0 Å². The Morgan fingerprint density at radius 2 is 1.32 bits per heavy atom. The van der Waals surface area contributed by atoms with Crippen molar-refractivity contribution < 1.29 is 4.79 Å². The average molecular weight is 332 g/mol. The zero-order valence-electron chi connectivity index (χ0n) is 9.38. The van der Waals surface area contributed by atoms with Crippen molar-refractivity contribution >= 4 is 51.6 Å². The van der Waals surface area contributed by atoms with Crippen molar-refractivity contribution in [3.8, 4) is 11.1 Å². The van der Waals surface area contributed by atoms with E-state index in [2.05, 4.69) is 0 Å². The van der Waals surface area contributed by atoms with E-state index in [9.17, 15) is 4.79 Å². The molecule has 0 bridgehead atoms. The molecule has 2 aromatic rings. The van der Waals surface area contributed by atoms with Gasteiger partial charge in [-0.15, -0.1) is 0 Å². The maximum absolute atomic E-state index is 11.9. The van der Waals surface area contributed by atoms with E-state index in [1.54, 1.807) is 24.3 Å². The van der Waals surface area contributed by atoms with Crippen LogP contribution in [0.15, 0.2) is 36.4 Å². The number of hydrogen-bond donors (Lipinski definition) is 0. The van der Waals surface area contributed by atoms with Gasteiger partial charge in [-0.25, -0.2) is 0 Å². The summed E-state index contributed by atoms with van der Waals surface area (Å²) in [5, 5.41) is 0.333.